The summed E-state index contributed by atoms with van der Waals surface area (Å²) in [7, 11) is 0. The quantitative estimate of drug-likeness (QED) is 0.463. The minimum atomic E-state index is -0.388. The molecular weight excluding hydrogens is 340 g/mol. The van der Waals surface area contributed by atoms with E-state index in [2.05, 4.69) is 38.4 Å². The molecule has 0 heterocycles. The Morgan fingerprint density at radius 2 is 2.12 bits per heavy atom. The molecular formula is C11H10Br2O3. The fraction of sp³-hybridized carbons (Fsp3) is 0.182. The van der Waals surface area contributed by atoms with Gasteiger partial charge in [0.1, 0.15) is 13.2 Å². The molecule has 0 aliphatic heterocycles. The topological polar surface area (TPSA) is 35.5 Å². The maximum absolute atomic E-state index is 11.6. The van der Waals surface area contributed by atoms with Crippen LogP contribution in [0, 0.1) is 0 Å². The number of esters is 1. The molecule has 0 bridgehead atoms. The van der Waals surface area contributed by atoms with E-state index in [-0.39, 0.29) is 12.6 Å². The minimum absolute atomic E-state index is 0.198. The van der Waals surface area contributed by atoms with Gasteiger partial charge >= 0.3 is 5.97 Å². The number of hydrogen-bond acceptors (Lipinski definition) is 3. The number of halogens is 2. The summed E-state index contributed by atoms with van der Waals surface area (Å²) in [4.78, 5) is 11.6. The Balaban J connectivity index is 2.58. The van der Waals surface area contributed by atoms with Crippen LogP contribution in [0.5, 0.6) is 0 Å². The number of rotatable bonds is 5. The molecule has 16 heavy (non-hydrogen) atoms. The number of carbonyl (C=O) groups is 1. The van der Waals surface area contributed by atoms with E-state index >= 15 is 0 Å². The number of ether oxygens (including phenoxy) is 2. The predicted molar refractivity (Wildman–Crippen MR) is 68.3 cm³/mol. The zero-order chi connectivity index (χ0) is 12.0. The average molecular weight is 350 g/mol. The molecule has 0 amide bonds. The van der Waals surface area contributed by atoms with Crippen LogP contribution in [0.1, 0.15) is 10.4 Å². The highest BCUT2D eigenvalue weighted by Gasteiger charge is 2.11. The van der Waals surface area contributed by atoms with Gasteiger partial charge in [-0.05, 0) is 34.1 Å². The molecule has 3 nitrogen and oxygen atoms in total. The molecule has 0 atom stereocenters. The van der Waals surface area contributed by atoms with Crippen LogP contribution in [0.15, 0.2) is 40.0 Å². The molecule has 0 saturated carbocycles. The van der Waals surface area contributed by atoms with Crippen molar-refractivity contribution < 1.29 is 14.3 Å². The summed E-state index contributed by atoms with van der Waals surface area (Å²) in [6.45, 7) is 3.89. The first kappa shape index (κ1) is 13.3. The van der Waals surface area contributed by atoms with E-state index in [9.17, 15) is 4.79 Å². The highest BCUT2D eigenvalue weighted by molar-refractivity contribution is 9.11. The maximum Gasteiger partial charge on any atom is 0.339 e. The number of benzene rings is 1. The summed E-state index contributed by atoms with van der Waals surface area (Å²) in [5, 5.41) is 0. The monoisotopic (exact) mass is 348 g/mol. The van der Waals surface area contributed by atoms with Gasteiger partial charge < -0.3 is 9.47 Å². The normalized spacial score (nSPS) is 9.62. The van der Waals surface area contributed by atoms with Crippen LogP contribution in [0.2, 0.25) is 0 Å². The second kappa shape index (κ2) is 6.70. The van der Waals surface area contributed by atoms with Crippen molar-refractivity contribution >= 4 is 37.8 Å². The summed E-state index contributed by atoms with van der Waals surface area (Å²) in [5.41, 5.74) is 0.480. The van der Waals surface area contributed by atoms with Crippen molar-refractivity contribution in [2.75, 3.05) is 13.2 Å². The zero-order valence-corrected chi connectivity index (χ0v) is 11.6. The summed E-state index contributed by atoms with van der Waals surface area (Å²) >= 11 is 6.58. The van der Waals surface area contributed by atoms with Gasteiger partial charge in [0.25, 0.3) is 0 Å². The van der Waals surface area contributed by atoms with Gasteiger partial charge in [-0.15, -0.1) is 0 Å². The van der Waals surface area contributed by atoms with Crippen molar-refractivity contribution in [1.82, 2.24) is 0 Å². The molecule has 0 fully saturated rings. The lowest BCUT2D eigenvalue weighted by molar-refractivity contribution is 0.0420. The van der Waals surface area contributed by atoms with Crippen LogP contribution >= 0.6 is 31.9 Å². The summed E-state index contributed by atoms with van der Waals surface area (Å²) in [6, 6.07) is 5.31. The van der Waals surface area contributed by atoms with Gasteiger partial charge in [-0.1, -0.05) is 22.5 Å². The molecule has 0 aliphatic carbocycles. The molecule has 0 aromatic heterocycles. The molecule has 1 aromatic carbocycles. The van der Waals surface area contributed by atoms with Crippen LogP contribution < -0.4 is 0 Å². The number of carbonyl (C=O) groups excluding carboxylic acids is 1. The second-order valence-electron chi connectivity index (χ2n) is 2.80. The minimum Gasteiger partial charge on any atom is -0.498 e. The Labute approximate surface area is 111 Å². The van der Waals surface area contributed by atoms with E-state index < -0.39 is 0 Å². The fourth-order valence-electron chi connectivity index (χ4n) is 0.997. The van der Waals surface area contributed by atoms with Gasteiger partial charge in [0.2, 0.25) is 0 Å². The standard InChI is InChI=1S/C11H10Br2O3/c1-2-15-5-6-16-11(14)9-7-8(12)3-4-10(9)13/h2-4,7H,1,5-6H2. The molecule has 0 radical (unpaired) electrons. The Morgan fingerprint density at radius 1 is 1.38 bits per heavy atom. The zero-order valence-electron chi connectivity index (χ0n) is 8.41. The average Bonchev–Trinajstić information content (AvgIpc) is 2.27. The van der Waals surface area contributed by atoms with Crippen LogP contribution in [0.4, 0.5) is 0 Å². The molecule has 5 heteroatoms. The van der Waals surface area contributed by atoms with Crippen LogP contribution in [-0.4, -0.2) is 19.2 Å². The summed E-state index contributed by atoms with van der Waals surface area (Å²) < 4.78 is 11.4. The van der Waals surface area contributed by atoms with Crippen LogP contribution in [0.25, 0.3) is 0 Å². The van der Waals surface area contributed by atoms with E-state index in [4.69, 9.17) is 9.47 Å². The van der Waals surface area contributed by atoms with E-state index in [1.54, 1.807) is 12.1 Å². The van der Waals surface area contributed by atoms with E-state index in [0.29, 0.717) is 16.6 Å². The highest BCUT2D eigenvalue weighted by Crippen LogP contribution is 2.22. The van der Waals surface area contributed by atoms with E-state index in [0.717, 1.165) is 4.47 Å². The van der Waals surface area contributed by atoms with Gasteiger partial charge in [-0.3, -0.25) is 0 Å². The van der Waals surface area contributed by atoms with E-state index in [1.807, 2.05) is 6.07 Å². The third-order valence-corrected chi connectivity index (χ3v) is 2.89. The highest BCUT2D eigenvalue weighted by atomic mass is 79.9. The van der Waals surface area contributed by atoms with Crippen LogP contribution in [-0.2, 0) is 9.47 Å². The molecule has 86 valence electrons. The third-order valence-electron chi connectivity index (χ3n) is 1.70. The lowest BCUT2D eigenvalue weighted by atomic mass is 10.2. The van der Waals surface area contributed by atoms with Gasteiger partial charge in [0, 0.05) is 8.95 Å². The molecule has 0 unspecified atom stereocenters. The lowest BCUT2D eigenvalue weighted by Gasteiger charge is -2.06. The predicted octanol–water partition coefficient (Wildman–Crippen LogP) is 3.53. The Morgan fingerprint density at radius 3 is 2.81 bits per heavy atom. The number of hydrogen-bond donors (Lipinski definition) is 0. The SMILES string of the molecule is C=COCCOC(=O)c1cc(Br)ccc1Br. The first-order chi connectivity index (χ1) is 7.65. The van der Waals surface area contributed by atoms with E-state index in [1.165, 1.54) is 6.26 Å². The van der Waals surface area contributed by atoms with Crippen molar-refractivity contribution in [3.8, 4) is 0 Å². The van der Waals surface area contributed by atoms with Gasteiger partial charge in [-0.25, -0.2) is 4.79 Å². The third kappa shape index (κ3) is 3.98. The first-order valence-electron chi connectivity index (χ1n) is 4.50. The second-order valence-corrected chi connectivity index (χ2v) is 4.57. The largest absolute Gasteiger partial charge is 0.498 e. The molecule has 1 rings (SSSR count). The smallest absolute Gasteiger partial charge is 0.339 e. The molecule has 0 spiro atoms. The van der Waals surface area contributed by atoms with Crippen molar-refractivity contribution in [3.05, 3.63) is 45.5 Å². The van der Waals surface area contributed by atoms with Crippen molar-refractivity contribution in [2.24, 2.45) is 0 Å². The lowest BCUT2D eigenvalue weighted by Crippen LogP contribution is -2.10. The fourth-order valence-corrected chi connectivity index (χ4v) is 1.77. The Kier molecular flexibility index (Phi) is 5.55. The summed E-state index contributed by atoms with van der Waals surface area (Å²) in [5.74, 6) is -0.388. The van der Waals surface area contributed by atoms with Gasteiger partial charge in [-0.2, -0.15) is 0 Å². The Hall–Kier alpha value is -0.810. The van der Waals surface area contributed by atoms with Gasteiger partial charge in [0.05, 0.1) is 11.8 Å². The maximum atomic E-state index is 11.6. The molecule has 0 saturated heterocycles. The molecule has 0 aliphatic rings. The summed E-state index contributed by atoms with van der Waals surface area (Å²) in [6.07, 6.45) is 1.31. The molecule has 0 N–H and O–H groups in total. The van der Waals surface area contributed by atoms with Gasteiger partial charge in [0.15, 0.2) is 0 Å². The molecule has 1 aromatic rings. The van der Waals surface area contributed by atoms with Crippen molar-refractivity contribution in [1.29, 1.82) is 0 Å². The Bertz CT molecular complexity index is 391. The van der Waals surface area contributed by atoms with Crippen LogP contribution in [0.3, 0.4) is 0 Å². The van der Waals surface area contributed by atoms with Crippen molar-refractivity contribution in [3.63, 3.8) is 0 Å². The van der Waals surface area contributed by atoms with Crippen molar-refractivity contribution in [2.45, 2.75) is 0 Å². The first-order valence-corrected chi connectivity index (χ1v) is 6.08.